The van der Waals surface area contributed by atoms with Crippen LogP contribution in [0.4, 0.5) is 0 Å². The number of nitrogens with one attached hydrogen (secondary N) is 1. The lowest BCUT2D eigenvalue weighted by atomic mass is 9.81. The fourth-order valence-corrected chi connectivity index (χ4v) is 0.837. The van der Waals surface area contributed by atoms with Crippen LogP contribution in [0.1, 0.15) is 34.1 Å². The van der Waals surface area contributed by atoms with Gasteiger partial charge >= 0.3 is 0 Å². The number of carbonyl (C=O) groups excluding carboxylic acids is 1. The highest BCUT2D eigenvalue weighted by atomic mass is 16.3. The van der Waals surface area contributed by atoms with Crippen LogP contribution in [0.15, 0.2) is 0 Å². The molecule has 3 nitrogen and oxygen atoms in total. The van der Waals surface area contributed by atoms with E-state index in [0.29, 0.717) is 13.0 Å². The maximum absolute atomic E-state index is 11.5. The first-order valence-corrected chi connectivity index (χ1v) is 4.78. The van der Waals surface area contributed by atoms with Crippen molar-refractivity contribution in [2.24, 2.45) is 11.3 Å². The van der Waals surface area contributed by atoms with Gasteiger partial charge in [-0.3, -0.25) is 4.79 Å². The molecule has 0 spiro atoms. The number of hydrogen-bond donors (Lipinski definition) is 2. The van der Waals surface area contributed by atoms with E-state index in [1.807, 2.05) is 27.7 Å². The Bertz CT molecular complexity index is 161. The Morgan fingerprint density at radius 2 is 2.00 bits per heavy atom. The second-order valence-electron chi connectivity index (χ2n) is 4.46. The lowest BCUT2D eigenvalue weighted by Crippen LogP contribution is -2.36. The Labute approximate surface area is 80.5 Å². The van der Waals surface area contributed by atoms with Crippen LogP contribution in [0.5, 0.6) is 0 Å². The Morgan fingerprint density at radius 1 is 1.46 bits per heavy atom. The number of hydrogen-bond acceptors (Lipinski definition) is 2. The average Bonchev–Trinajstić information content (AvgIpc) is 2.01. The molecule has 3 heteroatoms. The van der Waals surface area contributed by atoms with Crippen molar-refractivity contribution in [1.82, 2.24) is 5.32 Å². The van der Waals surface area contributed by atoms with Crippen molar-refractivity contribution in [3.8, 4) is 0 Å². The molecule has 0 aliphatic rings. The first-order valence-electron chi connectivity index (χ1n) is 4.78. The molecule has 0 aromatic heterocycles. The first kappa shape index (κ1) is 12.4. The molecule has 0 aromatic carbocycles. The summed E-state index contributed by atoms with van der Waals surface area (Å²) in [6.07, 6.45) is 0.628. The zero-order valence-corrected chi connectivity index (χ0v) is 9.05. The quantitative estimate of drug-likeness (QED) is 0.649. The molecule has 1 unspecified atom stereocenters. The molecule has 0 fully saturated rings. The van der Waals surface area contributed by atoms with E-state index in [1.165, 1.54) is 0 Å². The van der Waals surface area contributed by atoms with Gasteiger partial charge in [0.25, 0.3) is 0 Å². The molecule has 13 heavy (non-hydrogen) atoms. The third-order valence-corrected chi connectivity index (χ3v) is 2.33. The van der Waals surface area contributed by atoms with Gasteiger partial charge in [-0.2, -0.15) is 0 Å². The molecule has 0 saturated carbocycles. The normalized spacial score (nSPS) is 13.9. The molecule has 0 aromatic rings. The van der Waals surface area contributed by atoms with Gasteiger partial charge in [0, 0.05) is 19.1 Å². The van der Waals surface area contributed by atoms with Crippen LogP contribution >= 0.6 is 0 Å². The average molecular weight is 187 g/mol. The molecule has 0 aliphatic heterocycles. The highest BCUT2D eigenvalue weighted by Crippen LogP contribution is 2.24. The van der Waals surface area contributed by atoms with Crippen molar-refractivity contribution in [3.05, 3.63) is 0 Å². The molecule has 2 N–H and O–H groups in total. The van der Waals surface area contributed by atoms with Crippen LogP contribution in [-0.2, 0) is 4.79 Å². The Hall–Kier alpha value is -0.570. The molecule has 0 bridgehead atoms. The SMILES string of the molecule is CC(C(=O)NCCCO)C(C)(C)C. The number of carbonyl (C=O) groups is 1. The minimum atomic E-state index is 0.00327. The van der Waals surface area contributed by atoms with E-state index >= 15 is 0 Å². The maximum atomic E-state index is 11.5. The molecule has 78 valence electrons. The summed E-state index contributed by atoms with van der Waals surface area (Å²) in [5.41, 5.74) is 0.00327. The zero-order chi connectivity index (χ0) is 10.5. The fraction of sp³-hybridized carbons (Fsp3) is 0.900. The number of amides is 1. The standard InChI is InChI=1S/C10H21NO2/c1-8(10(2,3)4)9(13)11-6-5-7-12/h8,12H,5-7H2,1-4H3,(H,11,13). The van der Waals surface area contributed by atoms with Gasteiger partial charge < -0.3 is 10.4 Å². The van der Waals surface area contributed by atoms with E-state index in [1.54, 1.807) is 0 Å². The fourth-order valence-electron chi connectivity index (χ4n) is 0.837. The third kappa shape index (κ3) is 4.88. The Morgan fingerprint density at radius 3 is 2.38 bits per heavy atom. The van der Waals surface area contributed by atoms with Gasteiger partial charge in [0.05, 0.1) is 0 Å². The topological polar surface area (TPSA) is 49.3 Å². The van der Waals surface area contributed by atoms with Crippen molar-refractivity contribution < 1.29 is 9.90 Å². The van der Waals surface area contributed by atoms with Gasteiger partial charge in [0.15, 0.2) is 0 Å². The van der Waals surface area contributed by atoms with Crippen LogP contribution in [0.3, 0.4) is 0 Å². The number of aliphatic hydroxyl groups excluding tert-OH is 1. The van der Waals surface area contributed by atoms with Crippen LogP contribution in [0.2, 0.25) is 0 Å². The largest absolute Gasteiger partial charge is 0.396 e. The summed E-state index contributed by atoms with van der Waals surface area (Å²) in [6, 6.07) is 0. The summed E-state index contributed by atoms with van der Waals surface area (Å²) >= 11 is 0. The Kier molecular flexibility index (Phi) is 4.99. The third-order valence-electron chi connectivity index (χ3n) is 2.33. The molecular formula is C10H21NO2. The van der Waals surface area contributed by atoms with E-state index < -0.39 is 0 Å². The number of aliphatic hydroxyl groups is 1. The van der Waals surface area contributed by atoms with Gasteiger partial charge in [-0.25, -0.2) is 0 Å². The molecule has 0 heterocycles. The first-order chi connectivity index (χ1) is 5.89. The maximum Gasteiger partial charge on any atom is 0.223 e. The molecule has 1 atom stereocenters. The van der Waals surface area contributed by atoms with Gasteiger partial charge in [0.2, 0.25) is 5.91 Å². The van der Waals surface area contributed by atoms with E-state index in [9.17, 15) is 4.79 Å². The van der Waals surface area contributed by atoms with Crippen molar-refractivity contribution in [2.75, 3.05) is 13.2 Å². The predicted molar refractivity (Wildman–Crippen MR) is 53.3 cm³/mol. The molecule has 0 rings (SSSR count). The van der Waals surface area contributed by atoms with Crippen molar-refractivity contribution in [1.29, 1.82) is 0 Å². The second-order valence-corrected chi connectivity index (χ2v) is 4.46. The van der Waals surface area contributed by atoms with Crippen molar-refractivity contribution in [3.63, 3.8) is 0 Å². The van der Waals surface area contributed by atoms with Crippen LogP contribution < -0.4 is 5.32 Å². The van der Waals surface area contributed by atoms with E-state index in [2.05, 4.69) is 5.32 Å². The summed E-state index contributed by atoms with van der Waals surface area (Å²) < 4.78 is 0. The lowest BCUT2D eigenvalue weighted by molar-refractivity contribution is -0.127. The summed E-state index contributed by atoms with van der Waals surface area (Å²) in [6.45, 7) is 8.75. The van der Waals surface area contributed by atoms with Crippen LogP contribution in [-0.4, -0.2) is 24.2 Å². The smallest absolute Gasteiger partial charge is 0.223 e. The molecule has 1 amide bonds. The van der Waals surface area contributed by atoms with Gasteiger partial charge in [-0.1, -0.05) is 27.7 Å². The highest BCUT2D eigenvalue weighted by Gasteiger charge is 2.26. The van der Waals surface area contributed by atoms with Gasteiger partial charge in [-0.15, -0.1) is 0 Å². The molecule has 0 radical (unpaired) electrons. The summed E-state index contributed by atoms with van der Waals surface area (Å²) in [7, 11) is 0. The Balaban J connectivity index is 3.84. The lowest BCUT2D eigenvalue weighted by Gasteiger charge is -2.25. The summed E-state index contributed by atoms with van der Waals surface area (Å²) in [5, 5.41) is 11.3. The van der Waals surface area contributed by atoms with E-state index in [0.717, 1.165) is 0 Å². The minimum absolute atomic E-state index is 0.00327. The minimum Gasteiger partial charge on any atom is -0.396 e. The number of rotatable bonds is 4. The van der Waals surface area contributed by atoms with Gasteiger partial charge in [0.1, 0.15) is 0 Å². The second kappa shape index (κ2) is 5.22. The van der Waals surface area contributed by atoms with Crippen LogP contribution in [0.25, 0.3) is 0 Å². The monoisotopic (exact) mass is 187 g/mol. The summed E-state index contributed by atoms with van der Waals surface area (Å²) in [4.78, 5) is 11.5. The highest BCUT2D eigenvalue weighted by molar-refractivity contribution is 5.78. The predicted octanol–water partition coefficient (Wildman–Crippen LogP) is 1.17. The van der Waals surface area contributed by atoms with Crippen molar-refractivity contribution in [2.45, 2.75) is 34.1 Å². The van der Waals surface area contributed by atoms with Crippen molar-refractivity contribution >= 4 is 5.91 Å². The summed E-state index contributed by atoms with van der Waals surface area (Å²) in [5.74, 6) is 0.0761. The molecular weight excluding hydrogens is 166 g/mol. The van der Waals surface area contributed by atoms with Crippen LogP contribution in [0, 0.1) is 11.3 Å². The van der Waals surface area contributed by atoms with E-state index in [4.69, 9.17) is 5.11 Å². The molecule has 0 saturated heterocycles. The molecule has 0 aliphatic carbocycles. The van der Waals surface area contributed by atoms with Gasteiger partial charge in [-0.05, 0) is 11.8 Å². The van der Waals surface area contributed by atoms with E-state index in [-0.39, 0.29) is 23.8 Å². The zero-order valence-electron chi connectivity index (χ0n) is 9.05.